The second-order valence-electron chi connectivity index (χ2n) is 9.24. The third-order valence-electron chi connectivity index (χ3n) is 6.80. The Bertz CT molecular complexity index is 1220. The molecule has 162 valence electrons. The molecule has 0 spiro atoms. The van der Waals surface area contributed by atoms with Crippen molar-refractivity contribution in [1.29, 1.82) is 0 Å². The van der Waals surface area contributed by atoms with Crippen LogP contribution in [-0.4, -0.2) is 15.6 Å². The van der Waals surface area contributed by atoms with Crippen molar-refractivity contribution in [2.45, 2.75) is 51.9 Å². The van der Waals surface area contributed by atoms with E-state index in [-0.39, 0.29) is 23.2 Å². The lowest BCUT2D eigenvalue weighted by Gasteiger charge is -2.22. The maximum absolute atomic E-state index is 14.3. The van der Waals surface area contributed by atoms with Gasteiger partial charge in [0.2, 0.25) is 5.91 Å². The number of thiophene rings is 1. The third kappa shape index (κ3) is 3.69. The van der Waals surface area contributed by atoms with E-state index < -0.39 is 0 Å². The highest BCUT2D eigenvalue weighted by molar-refractivity contribution is 7.22. The second-order valence-corrected chi connectivity index (χ2v) is 10.3. The van der Waals surface area contributed by atoms with E-state index in [1.54, 1.807) is 24.3 Å². The van der Waals surface area contributed by atoms with E-state index in [1.165, 1.54) is 41.3 Å². The summed E-state index contributed by atoms with van der Waals surface area (Å²) in [6, 6.07) is 8.26. The van der Waals surface area contributed by atoms with Gasteiger partial charge in [-0.3, -0.25) is 15.0 Å². The van der Waals surface area contributed by atoms with Gasteiger partial charge in [-0.2, -0.15) is 0 Å². The number of hydrogen-bond donors (Lipinski definition) is 1. The highest BCUT2D eigenvalue weighted by Gasteiger charge is 2.40. The molecule has 2 bridgehead atoms. The van der Waals surface area contributed by atoms with Crippen LogP contribution in [-0.2, 0) is 4.79 Å². The highest BCUT2D eigenvalue weighted by Crippen LogP contribution is 2.49. The largest absolute Gasteiger partial charge is 0.290 e. The number of hydrogen-bond acceptors (Lipinski definition) is 4. The second kappa shape index (κ2) is 7.86. The minimum absolute atomic E-state index is 0.0586. The lowest BCUT2D eigenvalue weighted by atomic mass is 9.86. The van der Waals surface area contributed by atoms with Gasteiger partial charge in [0.25, 0.3) is 5.56 Å². The summed E-state index contributed by atoms with van der Waals surface area (Å²) in [7, 11) is 0. The van der Waals surface area contributed by atoms with Gasteiger partial charge in [0.05, 0.1) is 5.52 Å². The van der Waals surface area contributed by atoms with Crippen LogP contribution in [0, 0.1) is 23.6 Å². The first-order valence-electron chi connectivity index (χ1n) is 11.0. The average molecular weight is 440 g/mol. The van der Waals surface area contributed by atoms with Crippen LogP contribution in [0.3, 0.4) is 0 Å². The lowest BCUT2D eigenvalue weighted by Crippen LogP contribution is -2.37. The predicted octanol–water partition coefficient (Wildman–Crippen LogP) is 5.28. The zero-order chi connectivity index (χ0) is 21.7. The van der Waals surface area contributed by atoms with Gasteiger partial charge in [-0.25, -0.2) is 14.1 Å². The molecule has 0 aliphatic heterocycles. The van der Waals surface area contributed by atoms with Gasteiger partial charge in [0.15, 0.2) is 0 Å². The topological polar surface area (TPSA) is 64.0 Å². The van der Waals surface area contributed by atoms with Crippen LogP contribution in [0.15, 0.2) is 35.1 Å². The SMILES string of the molecule is CC(C)c1nc2cc(-c3ccccc3F)sc2c(=O)n1NC(=O)C[C@H]1C[C@@H]2CC[C@H]1C2. The van der Waals surface area contributed by atoms with Crippen LogP contribution in [0.1, 0.15) is 57.7 Å². The Morgan fingerprint density at radius 2 is 2.10 bits per heavy atom. The molecular formula is C24H26FN3O2S. The highest BCUT2D eigenvalue weighted by atomic mass is 32.1. The summed E-state index contributed by atoms with van der Waals surface area (Å²) in [5.74, 6) is 1.83. The summed E-state index contributed by atoms with van der Waals surface area (Å²) in [6.45, 7) is 3.88. The van der Waals surface area contributed by atoms with Gasteiger partial charge < -0.3 is 0 Å². The van der Waals surface area contributed by atoms with E-state index in [9.17, 15) is 14.0 Å². The van der Waals surface area contributed by atoms with Crippen molar-refractivity contribution < 1.29 is 9.18 Å². The Morgan fingerprint density at radius 3 is 2.77 bits per heavy atom. The maximum Gasteiger partial charge on any atom is 0.290 e. The van der Waals surface area contributed by atoms with Gasteiger partial charge in [0, 0.05) is 22.8 Å². The molecule has 5 nitrogen and oxygen atoms in total. The number of benzene rings is 1. The van der Waals surface area contributed by atoms with E-state index >= 15 is 0 Å². The van der Waals surface area contributed by atoms with Crippen LogP contribution in [0.2, 0.25) is 0 Å². The van der Waals surface area contributed by atoms with Gasteiger partial charge in [-0.15, -0.1) is 11.3 Å². The molecule has 2 heterocycles. The fourth-order valence-electron chi connectivity index (χ4n) is 5.32. The summed E-state index contributed by atoms with van der Waals surface area (Å²) < 4.78 is 16.0. The van der Waals surface area contributed by atoms with Crippen LogP contribution in [0.25, 0.3) is 20.7 Å². The summed E-state index contributed by atoms with van der Waals surface area (Å²) in [6.07, 6.45) is 5.34. The lowest BCUT2D eigenvalue weighted by molar-refractivity contribution is -0.118. The fourth-order valence-corrected chi connectivity index (χ4v) is 6.37. The summed E-state index contributed by atoms with van der Waals surface area (Å²) >= 11 is 1.21. The van der Waals surface area contributed by atoms with Gasteiger partial charge in [0.1, 0.15) is 16.3 Å². The number of nitrogens with zero attached hydrogens (tertiary/aromatic N) is 2. The number of carbonyl (C=O) groups excluding carboxylic acids is 1. The van der Waals surface area contributed by atoms with Crippen molar-refractivity contribution in [1.82, 2.24) is 9.66 Å². The molecule has 1 N–H and O–H groups in total. The minimum Gasteiger partial charge on any atom is -0.273 e. The van der Waals surface area contributed by atoms with Crippen LogP contribution >= 0.6 is 11.3 Å². The van der Waals surface area contributed by atoms with Gasteiger partial charge in [-0.1, -0.05) is 38.5 Å². The van der Waals surface area contributed by atoms with Crippen molar-refractivity contribution in [2.75, 3.05) is 5.43 Å². The Labute approximate surface area is 184 Å². The average Bonchev–Trinajstić information content (AvgIpc) is 3.45. The quantitative estimate of drug-likeness (QED) is 0.588. The molecule has 31 heavy (non-hydrogen) atoms. The molecule has 0 radical (unpaired) electrons. The molecule has 2 aromatic heterocycles. The van der Waals surface area contributed by atoms with Crippen molar-refractivity contribution >= 4 is 27.5 Å². The minimum atomic E-state index is -0.336. The van der Waals surface area contributed by atoms with Crippen molar-refractivity contribution in [3.63, 3.8) is 0 Å². The molecule has 1 aromatic carbocycles. The Morgan fingerprint density at radius 1 is 1.29 bits per heavy atom. The zero-order valence-corrected chi connectivity index (χ0v) is 18.5. The number of halogens is 1. The smallest absolute Gasteiger partial charge is 0.273 e. The summed E-state index contributed by atoms with van der Waals surface area (Å²) in [4.78, 5) is 31.5. The normalized spacial score (nSPS) is 22.5. The Hall–Kier alpha value is -2.54. The molecule has 0 unspecified atom stereocenters. The van der Waals surface area contributed by atoms with Gasteiger partial charge in [-0.05, 0) is 49.1 Å². The fraction of sp³-hybridized carbons (Fsp3) is 0.458. The zero-order valence-electron chi connectivity index (χ0n) is 17.7. The molecule has 0 saturated heterocycles. The van der Waals surface area contributed by atoms with Crippen LogP contribution in [0.4, 0.5) is 4.39 Å². The third-order valence-corrected chi connectivity index (χ3v) is 7.94. The first-order valence-corrected chi connectivity index (χ1v) is 11.8. The summed E-state index contributed by atoms with van der Waals surface area (Å²) in [5.41, 5.74) is 3.52. The molecule has 2 saturated carbocycles. The molecule has 3 atom stereocenters. The van der Waals surface area contributed by atoms with E-state index in [4.69, 9.17) is 0 Å². The number of aromatic nitrogens is 2. The molecule has 2 aliphatic carbocycles. The number of carbonyl (C=O) groups is 1. The first-order chi connectivity index (χ1) is 14.9. The Kier molecular flexibility index (Phi) is 5.16. The molecule has 1 amide bonds. The number of nitrogens with one attached hydrogen (secondary N) is 1. The molecule has 5 rings (SSSR count). The van der Waals surface area contributed by atoms with Gasteiger partial charge >= 0.3 is 0 Å². The predicted molar refractivity (Wildman–Crippen MR) is 121 cm³/mol. The molecule has 7 heteroatoms. The molecule has 3 aromatic rings. The van der Waals surface area contributed by atoms with E-state index in [1.807, 2.05) is 13.8 Å². The molecule has 2 fully saturated rings. The monoisotopic (exact) mass is 439 g/mol. The molecule has 2 aliphatic rings. The van der Waals surface area contributed by atoms with Crippen molar-refractivity contribution in [3.8, 4) is 10.4 Å². The van der Waals surface area contributed by atoms with Crippen LogP contribution in [0.5, 0.6) is 0 Å². The molecular weight excluding hydrogens is 413 g/mol. The first kappa shape index (κ1) is 20.4. The van der Waals surface area contributed by atoms with Crippen LogP contribution < -0.4 is 11.0 Å². The van der Waals surface area contributed by atoms with E-state index in [2.05, 4.69) is 10.4 Å². The number of fused-ring (bicyclic) bond motifs is 3. The van der Waals surface area contributed by atoms with E-state index in [0.717, 1.165) is 12.3 Å². The number of amides is 1. The Balaban J connectivity index is 1.48. The number of rotatable bonds is 5. The summed E-state index contributed by atoms with van der Waals surface area (Å²) in [5, 5.41) is 0. The van der Waals surface area contributed by atoms with Crippen molar-refractivity contribution in [3.05, 3.63) is 52.3 Å². The van der Waals surface area contributed by atoms with Crippen molar-refractivity contribution in [2.24, 2.45) is 17.8 Å². The standard InChI is InChI=1S/C24H26FN3O2S/c1-13(2)23-26-19-12-20(17-5-3-4-6-18(17)25)31-22(19)24(30)28(23)27-21(29)11-16-10-14-7-8-15(16)9-14/h3-6,12-16H,7-11H2,1-2H3,(H,27,29)/t14-,15+,16-/m1/s1. The van der Waals surface area contributed by atoms with E-state index in [0.29, 0.717) is 44.7 Å². The maximum atomic E-state index is 14.3.